The molecule has 1 atom stereocenters. The lowest BCUT2D eigenvalue weighted by molar-refractivity contribution is -0.122. The maximum atomic E-state index is 12.0. The fourth-order valence-electron chi connectivity index (χ4n) is 3.18. The molecule has 0 radical (unpaired) electrons. The molecule has 0 saturated heterocycles. The molecule has 0 aromatic heterocycles. The third-order valence-electron chi connectivity index (χ3n) is 4.51. The Balaban J connectivity index is 1.81. The van der Waals surface area contributed by atoms with Gasteiger partial charge in [0.25, 0.3) is 0 Å². The number of ether oxygens (including phenoxy) is 2. The fraction of sp³-hybridized carbons (Fsp3) is 0.611. The van der Waals surface area contributed by atoms with E-state index in [0.29, 0.717) is 13.0 Å². The minimum atomic E-state index is -0.188. The van der Waals surface area contributed by atoms with E-state index >= 15 is 0 Å². The highest BCUT2D eigenvalue weighted by Gasteiger charge is 2.18. The predicted octanol–water partition coefficient (Wildman–Crippen LogP) is 3.47. The van der Waals surface area contributed by atoms with Gasteiger partial charge in [-0.05, 0) is 18.4 Å². The van der Waals surface area contributed by atoms with Crippen LogP contribution in [-0.2, 0) is 9.53 Å². The van der Waals surface area contributed by atoms with Crippen molar-refractivity contribution >= 4 is 5.91 Å². The topological polar surface area (TPSA) is 47.6 Å². The molecule has 1 aliphatic carbocycles. The Morgan fingerprint density at radius 1 is 1.27 bits per heavy atom. The smallest absolute Gasteiger partial charge is 0.220 e. The van der Waals surface area contributed by atoms with Gasteiger partial charge in [0.05, 0.1) is 7.11 Å². The number of carbonyl (C=O) groups excluding carboxylic acids is 1. The largest absolute Gasteiger partial charge is 0.496 e. The van der Waals surface area contributed by atoms with Crippen LogP contribution in [0.25, 0.3) is 0 Å². The van der Waals surface area contributed by atoms with Crippen LogP contribution in [-0.4, -0.2) is 26.7 Å². The third-order valence-corrected chi connectivity index (χ3v) is 4.51. The van der Waals surface area contributed by atoms with Crippen LogP contribution in [0.15, 0.2) is 24.3 Å². The Kier molecular flexibility index (Phi) is 6.72. The molecule has 1 amide bonds. The number of amides is 1. The van der Waals surface area contributed by atoms with Crippen molar-refractivity contribution < 1.29 is 14.3 Å². The second-order valence-corrected chi connectivity index (χ2v) is 5.96. The van der Waals surface area contributed by atoms with Gasteiger partial charge in [-0.2, -0.15) is 0 Å². The summed E-state index contributed by atoms with van der Waals surface area (Å²) in [6.45, 7) is 0.473. The predicted molar refractivity (Wildman–Crippen MR) is 86.9 cm³/mol. The standard InChI is InChI=1S/C18H27NO3/c1-21-16-10-6-5-9-15(16)17(22-2)13-19-18(20)12-11-14-7-3-4-8-14/h5-6,9-10,14,17H,3-4,7-8,11-13H2,1-2H3,(H,19,20). The van der Waals surface area contributed by atoms with E-state index in [2.05, 4.69) is 5.32 Å². The Morgan fingerprint density at radius 3 is 2.68 bits per heavy atom. The molecule has 1 aromatic carbocycles. The Hall–Kier alpha value is -1.55. The van der Waals surface area contributed by atoms with Gasteiger partial charge in [-0.1, -0.05) is 43.9 Å². The number of hydrogen-bond donors (Lipinski definition) is 1. The molecule has 4 nitrogen and oxygen atoms in total. The third kappa shape index (κ3) is 4.73. The number of methoxy groups -OCH3 is 2. The van der Waals surface area contributed by atoms with E-state index in [4.69, 9.17) is 9.47 Å². The molecule has 1 N–H and O–H groups in total. The summed E-state index contributed by atoms with van der Waals surface area (Å²) in [4.78, 5) is 12.0. The van der Waals surface area contributed by atoms with Crippen molar-refractivity contribution in [1.82, 2.24) is 5.32 Å². The van der Waals surface area contributed by atoms with Crippen LogP contribution < -0.4 is 10.1 Å². The molecule has 1 fully saturated rings. The summed E-state index contributed by atoms with van der Waals surface area (Å²) in [5, 5.41) is 2.99. The summed E-state index contributed by atoms with van der Waals surface area (Å²) in [5.74, 6) is 1.65. The zero-order valence-corrected chi connectivity index (χ0v) is 13.6. The lowest BCUT2D eigenvalue weighted by Crippen LogP contribution is -2.29. The zero-order valence-electron chi connectivity index (χ0n) is 13.6. The molecule has 0 aliphatic heterocycles. The minimum Gasteiger partial charge on any atom is -0.496 e. The fourth-order valence-corrected chi connectivity index (χ4v) is 3.18. The number of rotatable bonds is 8. The second-order valence-electron chi connectivity index (χ2n) is 5.96. The summed E-state index contributed by atoms with van der Waals surface area (Å²) >= 11 is 0. The van der Waals surface area contributed by atoms with Gasteiger partial charge in [0.2, 0.25) is 5.91 Å². The molecule has 1 aliphatic rings. The van der Waals surface area contributed by atoms with Gasteiger partial charge >= 0.3 is 0 Å². The van der Waals surface area contributed by atoms with Gasteiger partial charge in [-0.3, -0.25) is 4.79 Å². The van der Waals surface area contributed by atoms with Gasteiger partial charge in [0.15, 0.2) is 0 Å². The van der Waals surface area contributed by atoms with Crippen LogP contribution in [0.1, 0.15) is 50.2 Å². The SMILES string of the molecule is COc1ccccc1C(CNC(=O)CCC1CCCC1)OC. The summed E-state index contributed by atoms with van der Waals surface area (Å²) in [6, 6.07) is 7.75. The monoisotopic (exact) mass is 305 g/mol. The van der Waals surface area contributed by atoms with Gasteiger partial charge < -0.3 is 14.8 Å². The van der Waals surface area contributed by atoms with E-state index in [0.717, 1.165) is 23.7 Å². The number of benzene rings is 1. The van der Waals surface area contributed by atoms with Crippen LogP contribution in [0.2, 0.25) is 0 Å². The van der Waals surface area contributed by atoms with Crippen LogP contribution in [0, 0.1) is 5.92 Å². The van der Waals surface area contributed by atoms with E-state index in [-0.39, 0.29) is 12.0 Å². The molecule has 0 heterocycles. The Bertz CT molecular complexity index is 469. The molecule has 0 spiro atoms. The highest BCUT2D eigenvalue weighted by atomic mass is 16.5. The van der Waals surface area contributed by atoms with Crippen molar-refractivity contribution in [1.29, 1.82) is 0 Å². The van der Waals surface area contributed by atoms with Crippen LogP contribution >= 0.6 is 0 Å². The minimum absolute atomic E-state index is 0.115. The Morgan fingerprint density at radius 2 is 2.00 bits per heavy atom. The van der Waals surface area contributed by atoms with E-state index in [1.807, 2.05) is 24.3 Å². The number of nitrogens with one attached hydrogen (secondary N) is 1. The molecule has 22 heavy (non-hydrogen) atoms. The van der Waals surface area contributed by atoms with E-state index in [1.165, 1.54) is 25.7 Å². The van der Waals surface area contributed by atoms with E-state index in [1.54, 1.807) is 14.2 Å². The Labute approximate surface area is 133 Å². The summed E-state index contributed by atoms with van der Waals surface area (Å²) < 4.78 is 10.9. The summed E-state index contributed by atoms with van der Waals surface area (Å²) in [5.41, 5.74) is 0.962. The second kappa shape index (κ2) is 8.79. The van der Waals surface area contributed by atoms with Crippen LogP contribution in [0.4, 0.5) is 0 Å². The van der Waals surface area contributed by atoms with Gasteiger partial charge in [-0.15, -0.1) is 0 Å². The average molecular weight is 305 g/mol. The first-order chi connectivity index (χ1) is 10.7. The maximum absolute atomic E-state index is 12.0. The lowest BCUT2D eigenvalue weighted by Gasteiger charge is -2.19. The van der Waals surface area contributed by atoms with Crippen molar-refractivity contribution in [2.75, 3.05) is 20.8 Å². The first-order valence-electron chi connectivity index (χ1n) is 8.17. The first-order valence-corrected chi connectivity index (χ1v) is 8.17. The normalized spacial score (nSPS) is 16.5. The van der Waals surface area contributed by atoms with Gasteiger partial charge in [0.1, 0.15) is 11.9 Å². The number of para-hydroxylation sites is 1. The van der Waals surface area contributed by atoms with Crippen molar-refractivity contribution in [3.05, 3.63) is 29.8 Å². The quantitative estimate of drug-likeness (QED) is 0.800. The molecule has 1 saturated carbocycles. The molecule has 122 valence electrons. The summed E-state index contributed by atoms with van der Waals surface area (Å²) in [6.07, 6.45) is 6.67. The highest BCUT2D eigenvalue weighted by molar-refractivity contribution is 5.75. The molecule has 0 bridgehead atoms. The van der Waals surface area contributed by atoms with Crippen LogP contribution in [0.3, 0.4) is 0 Å². The maximum Gasteiger partial charge on any atom is 0.220 e. The van der Waals surface area contributed by atoms with Gasteiger partial charge in [0, 0.05) is 25.6 Å². The average Bonchev–Trinajstić information content (AvgIpc) is 3.07. The van der Waals surface area contributed by atoms with Crippen LogP contribution in [0.5, 0.6) is 5.75 Å². The molecule has 1 aromatic rings. The molecular formula is C18H27NO3. The van der Waals surface area contributed by atoms with Crippen molar-refractivity contribution in [2.24, 2.45) is 5.92 Å². The lowest BCUT2D eigenvalue weighted by atomic mass is 10.0. The number of hydrogen-bond acceptors (Lipinski definition) is 3. The highest BCUT2D eigenvalue weighted by Crippen LogP contribution is 2.29. The molecule has 1 unspecified atom stereocenters. The van der Waals surface area contributed by atoms with E-state index < -0.39 is 0 Å². The molecule has 4 heteroatoms. The van der Waals surface area contributed by atoms with Crippen molar-refractivity contribution in [3.8, 4) is 5.75 Å². The molecular weight excluding hydrogens is 278 g/mol. The first kappa shape index (κ1) is 16.8. The van der Waals surface area contributed by atoms with Crippen molar-refractivity contribution in [3.63, 3.8) is 0 Å². The van der Waals surface area contributed by atoms with Crippen molar-refractivity contribution in [2.45, 2.75) is 44.6 Å². The van der Waals surface area contributed by atoms with Gasteiger partial charge in [-0.25, -0.2) is 0 Å². The zero-order chi connectivity index (χ0) is 15.8. The molecule has 2 rings (SSSR count). The van der Waals surface area contributed by atoms with E-state index in [9.17, 15) is 4.79 Å². The number of carbonyl (C=O) groups is 1. The summed E-state index contributed by atoms with van der Waals surface area (Å²) in [7, 11) is 3.30.